The Labute approximate surface area is 297 Å². The molecule has 242 valence electrons. The van der Waals surface area contributed by atoms with E-state index in [-0.39, 0.29) is 7.43 Å². The van der Waals surface area contributed by atoms with E-state index in [4.69, 9.17) is 4.98 Å². The standard InChI is InChI=1S/C47H31N3.CH4/c1-3-15-32(16-4-1)42-29-35(30-43(48-42)33-17-5-2-6-18-33)34-27-36(49-44-23-11-7-19-38(44)39-20-8-12-24-45(39)49)31-37(28-34)50-46-25-13-9-21-40(46)41-22-10-14-26-47(41)50;/h1-31H;1H4. The highest BCUT2D eigenvalue weighted by Gasteiger charge is 2.18. The molecule has 3 heteroatoms. The van der Waals surface area contributed by atoms with E-state index in [1.165, 1.54) is 43.6 Å². The first-order valence-corrected chi connectivity index (χ1v) is 17.1. The zero-order valence-electron chi connectivity index (χ0n) is 27.2. The second-order valence-corrected chi connectivity index (χ2v) is 12.8. The molecule has 0 atom stereocenters. The Morgan fingerprint density at radius 2 is 0.608 bits per heavy atom. The van der Waals surface area contributed by atoms with E-state index >= 15 is 0 Å². The molecule has 3 heterocycles. The van der Waals surface area contributed by atoms with Gasteiger partial charge < -0.3 is 9.13 Å². The predicted octanol–water partition coefficient (Wildman–Crippen LogP) is 12.9. The van der Waals surface area contributed by atoms with Crippen LogP contribution in [-0.4, -0.2) is 14.1 Å². The maximum absolute atomic E-state index is 5.20. The lowest BCUT2D eigenvalue weighted by atomic mass is 9.99. The van der Waals surface area contributed by atoms with E-state index in [9.17, 15) is 0 Å². The molecule has 7 aromatic carbocycles. The van der Waals surface area contributed by atoms with Crippen molar-refractivity contribution in [2.45, 2.75) is 7.43 Å². The summed E-state index contributed by atoms with van der Waals surface area (Å²) in [4.78, 5) is 5.20. The molecule has 0 fully saturated rings. The highest BCUT2D eigenvalue weighted by molar-refractivity contribution is 6.10. The van der Waals surface area contributed by atoms with E-state index in [0.717, 1.165) is 45.0 Å². The molecule has 0 spiro atoms. The zero-order chi connectivity index (χ0) is 33.0. The minimum atomic E-state index is 0. The van der Waals surface area contributed by atoms with Crippen LogP contribution in [0.4, 0.5) is 0 Å². The van der Waals surface area contributed by atoms with Gasteiger partial charge in [0.05, 0.1) is 33.5 Å². The normalized spacial score (nSPS) is 11.4. The first-order valence-electron chi connectivity index (χ1n) is 17.1. The Kier molecular flexibility index (Phi) is 7.33. The fourth-order valence-electron chi connectivity index (χ4n) is 7.63. The highest BCUT2D eigenvalue weighted by Crippen LogP contribution is 2.39. The van der Waals surface area contributed by atoms with Crippen LogP contribution < -0.4 is 0 Å². The minimum Gasteiger partial charge on any atom is -0.309 e. The summed E-state index contributed by atoms with van der Waals surface area (Å²) in [6.07, 6.45) is 0. The van der Waals surface area contributed by atoms with Crippen LogP contribution in [0.25, 0.3) is 88.6 Å². The maximum atomic E-state index is 5.20. The smallest absolute Gasteiger partial charge is 0.0715 e. The van der Waals surface area contributed by atoms with Crippen LogP contribution in [0.2, 0.25) is 0 Å². The van der Waals surface area contributed by atoms with E-state index in [1.54, 1.807) is 0 Å². The molecule has 10 aromatic rings. The Bertz CT molecular complexity index is 2560. The van der Waals surface area contributed by atoms with Gasteiger partial charge in [-0.3, -0.25) is 0 Å². The molecular weight excluding hydrogens is 619 g/mol. The lowest BCUT2D eigenvalue weighted by Gasteiger charge is -2.17. The molecule has 0 aliphatic carbocycles. The summed E-state index contributed by atoms with van der Waals surface area (Å²) in [5.41, 5.74) is 13.3. The van der Waals surface area contributed by atoms with Crippen LogP contribution in [0.5, 0.6) is 0 Å². The molecule has 3 nitrogen and oxygen atoms in total. The summed E-state index contributed by atoms with van der Waals surface area (Å²) >= 11 is 0. The Balaban J connectivity index is 0.00000348. The number of hydrogen-bond acceptors (Lipinski definition) is 1. The molecule has 0 aliphatic rings. The summed E-state index contributed by atoms with van der Waals surface area (Å²) in [7, 11) is 0. The molecule has 0 amide bonds. The molecule has 51 heavy (non-hydrogen) atoms. The molecule has 0 bridgehead atoms. The summed E-state index contributed by atoms with van der Waals surface area (Å²) in [5.74, 6) is 0. The van der Waals surface area contributed by atoms with Crippen molar-refractivity contribution in [1.82, 2.24) is 14.1 Å². The van der Waals surface area contributed by atoms with E-state index in [2.05, 4.69) is 197 Å². The fourth-order valence-corrected chi connectivity index (χ4v) is 7.63. The predicted molar refractivity (Wildman–Crippen MR) is 216 cm³/mol. The van der Waals surface area contributed by atoms with Gasteiger partial charge in [0, 0.05) is 44.0 Å². The summed E-state index contributed by atoms with van der Waals surface area (Å²) < 4.78 is 4.84. The quantitative estimate of drug-likeness (QED) is 0.181. The van der Waals surface area contributed by atoms with Gasteiger partial charge in [-0.1, -0.05) is 141 Å². The lowest BCUT2D eigenvalue weighted by molar-refractivity contribution is 1.13. The SMILES string of the molecule is C.c1ccc(-c2cc(-c3cc(-n4c5ccccc5c5ccccc54)cc(-n4c5ccccc5c5ccccc54)c3)cc(-c3ccccc3)n2)cc1. The number of benzene rings is 7. The number of nitrogens with zero attached hydrogens (tertiary/aromatic N) is 3. The van der Waals surface area contributed by atoms with Gasteiger partial charge >= 0.3 is 0 Å². The summed E-state index contributed by atoms with van der Waals surface area (Å²) in [6, 6.07) is 67.4. The molecular formula is C48H35N3. The summed E-state index contributed by atoms with van der Waals surface area (Å²) in [6.45, 7) is 0. The van der Waals surface area contributed by atoms with Gasteiger partial charge in [-0.2, -0.15) is 0 Å². The van der Waals surface area contributed by atoms with Crippen molar-refractivity contribution in [3.63, 3.8) is 0 Å². The van der Waals surface area contributed by atoms with Crippen molar-refractivity contribution in [3.8, 4) is 45.0 Å². The van der Waals surface area contributed by atoms with Crippen LogP contribution >= 0.6 is 0 Å². The van der Waals surface area contributed by atoms with Crippen LogP contribution in [0.3, 0.4) is 0 Å². The van der Waals surface area contributed by atoms with Crippen molar-refractivity contribution in [2.24, 2.45) is 0 Å². The number of pyridine rings is 1. The number of rotatable bonds is 5. The first-order chi connectivity index (χ1) is 24.8. The molecule has 10 rings (SSSR count). The zero-order valence-corrected chi connectivity index (χ0v) is 27.2. The van der Waals surface area contributed by atoms with E-state index in [1.807, 2.05) is 0 Å². The largest absolute Gasteiger partial charge is 0.309 e. The van der Waals surface area contributed by atoms with Crippen molar-refractivity contribution >= 4 is 43.6 Å². The molecule has 3 aromatic heterocycles. The number of para-hydroxylation sites is 4. The molecule has 0 unspecified atom stereocenters. The van der Waals surface area contributed by atoms with Gasteiger partial charge in [0.25, 0.3) is 0 Å². The third-order valence-corrected chi connectivity index (χ3v) is 9.88. The van der Waals surface area contributed by atoms with Gasteiger partial charge in [0.1, 0.15) is 0 Å². The summed E-state index contributed by atoms with van der Waals surface area (Å²) in [5, 5.41) is 4.98. The Morgan fingerprint density at radius 3 is 0.980 bits per heavy atom. The van der Waals surface area contributed by atoms with Gasteiger partial charge in [-0.05, 0) is 65.7 Å². The lowest BCUT2D eigenvalue weighted by Crippen LogP contribution is -2.00. The second-order valence-electron chi connectivity index (χ2n) is 12.8. The van der Waals surface area contributed by atoms with Gasteiger partial charge in [0.2, 0.25) is 0 Å². The van der Waals surface area contributed by atoms with Gasteiger partial charge in [0.15, 0.2) is 0 Å². The molecule has 0 saturated carbocycles. The number of hydrogen-bond donors (Lipinski definition) is 0. The van der Waals surface area contributed by atoms with Crippen LogP contribution in [0, 0.1) is 0 Å². The Morgan fingerprint density at radius 1 is 0.294 bits per heavy atom. The average Bonchev–Trinajstić information content (AvgIpc) is 3.71. The molecule has 0 radical (unpaired) electrons. The second kappa shape index (κ2) is 12.3. The molecule has 0 saturated heterocycles. The molecule has 0 aliphatic heterocycles. The highest BCUT2D eigenvalue weighted by atomic mass is 15.0. The van der Waals surface area contributed by atoms with Crippen LogP contribution in [-0.2, 0) is 0 Å². The van der Waals surface area contributed by atoms with E-state index in [0.29, 0.717) is 0 Å². The average molecular weight is 654 g/mol. The van der Waals surface area contributed by atoms with Gasteiger partial charge in [-0.25, -0.2) is 4.98 Å². The minimum absolute atomic E-state index is 0. The fraction of sp³-hybridized carbons (Fsp3) is 0.0208. The first kappa shape index (κ1) is 30.4. The number of aromatic nitrogens is 3. The van der Waals surface area contributed by atoms with Crippen molar-refractivity contribution in [1.29, 1.82) is 0 Å². The van der Waals surface area contributed by atoms with Crippen molar-refractivity contribution in [2.75, 3.05) is 0 Å². The van der Waals surface area contributed by atoms with E-state index < -0.39 is 0 Å². The number of fused-ring (bicyclic) bond motifs is 6. The van der Waals surface area contributed by atoms with Gasteiger partial charge in [-0.15, -0.1) is 0 Å². The van der Waals surface area contributed by atoms with Crippen LogP contribution in [0.1, 0.15) is 7.43 Å². The third kappa shape index (κ3) is 5.02. The van der Waals surface area contributed by atoms with Crippen molar-refractivity contribution in [3.05, 3.63) is 188 Å². The third-order valence-electron chi connectivity index (χ3n) is 9.88. The molecule has 0 N–H and O–H groups in total. The maximum Gasteiger partial charge on any atom is 0.0715 e. The monoisotopic (exact) mass is 653 g/mol. The Hall–Kier alpha value is -6.71. The topological polar surface area (TPSA) is 22.8 Å². The van der Waals surface area contributed by atoms with Crippen LogP contribution in [0.15, 0.2) is 188 Å². The van der Waals surface area contributed by atoms with Crippen molar-refractivity contribution < 1.29 is 0 Å².